The number of furan rings is 1. The van der Waals surface area contributed by atoms with Crippen LogP contribution in [0, 0.1) is 17.8 Å². The predicted molar refractivity (Wildman–Crippen MR) is 64.1 cm³/mol. The van der Waals surface area contributed by atoms with Crippen LogP contribution in [0.2, 0.25) is 0 Å². The quantitative estimate of drug-likeness (QED) is 0.821. The molecule has 3 atom stereocenters. The summed E-state index contributed by atoms with van der Waals surface area (Å²) in [6.07, 6.45) is 7.33. The van der Waals surface area contributed by atoms with E-state index < -0.39 is 0 Å². The number of hydrogen-bond acceptors (Lipinski definition) is 2. The van der Waals surface area contributed by atoms with E-state index in [4.69, 9.17) is 4.42 Å². The van der Waals surface area contributed by atoms with Crippen LogP contribution in [0.1, 0.15) is 44.4 Å². The van der Waals surface area contributed by atoms with Gasteiger partial charge in [-0.25, -0.2) is 0 Å². The van der Waals surface area contributed by atoms with Crippen molar-refractivity contribution in [3.8, 4) is 0 Å². The summed E-state index contributed by atoms with van der Waals surface area (Å²) >= 11 is 0. The summed E-state index contributed by atoms with van der Waals surface area (Å²) in [5.74, 6) is 3.97. The predicted octanol–water partition coefficient (Wildman–Crippen LogP) is 3.37. The minimum absolute atomic E-state index is 0.477. The fraction of sp³-hybridized carbons (Fsp3) is 0.714. The maximum absolute atomic E-state index is 5.60. The van der Waals surface area contributed by atoms with Crippen molar-refractivity contribution in [1.82, 2.24) is 5.32 Å². The van der Waals surface area contributed by atoms with E-state index in [9.17, 15) is 0 Å². The van der Waals surface area contributed by atoms with E-state index in [-0.39, 0.29) is 0 Å². The lowest BCUT2D eigenvalue weighted by molar-refractivity contribution is 0.350. The van der Waals surface area contributed by atoms with Crippen molar-refractivity contribution in [2.45, 2.75) is 38.6 Å². The molecule has 88 valence electrons. The Labute approximate surface area is 97.4 Å². The Morgan fingerprint density at radius 2 is 2.25 bits per heavy atom. The van der Waals surface area contributed by atoms with Gasteiger partial charge in [0.15, 0.2) is 0 Å². The molecule has 2 fully saturated rings. The fourth-order valence-electron chi connectivity index (χ4n) is 3.57. The molecule has 1 heterocycles. The van der Waals surface area contributed by atoms with Gasteiger partial charge in [0.05, 0.1) is 12.3 Å². The van der Waals surface area contributed by atoms with Gasteiger partial charge in [-0.2, -0.15) is 0 Å². The molecule has 3 rings (SSSR count). The molecular weight excluding hydrogens is 198 g/mol. The summed E-state index contributed by atoms with van der Waals surface area (Å²) in [7, 11) is 0. The van der Waals surface area contributed by atoms with Crippen LogP contribution in [0.5, 0.6) is 0 Å². The molecule has 1 aromatic rings. The van der Waals surface area contributed by atoms with Gasteiger partial charge in [-0.3, -0.25) is 0 Å². The van der Waals surface area contributed by atoms with Crippen molar-refractivity contribution >= 4 is 0 Å². The first-order chi connectivity index (χ1) is 7.92. The van der Waals surface area contributed by atoms with Crippen molar-refractivity contribution < 1.29 is 4.42 Å². The van der Waals surface area contributed by atoms with Gasteiger partial charge < -0.3 is 9.73 Å². The molecule has 3 unspecified atom stereocenters. The summed E-state index contributed by atoms with van der Waals surface area (Å²) < 4.78 is 5.60. The van der Waals surface area contributed by atoms with Crippen LogP contribution in [0.4, 0.5) is 0 Å². The minimum atomic E-state index is 0.477. The average molecular weight is 219 g/mol. The Balaban J connectivity index is 1.70. The number of fused-ring (bicyclic) bond motifs is 1. The molecule has 2 aliphatic carbocycles. The number of hydrogen-bond donors (Lipinski definition) is 1. The van der Waals surface area contributed by atoms with Crippen LogP contribution in [-0.2, 0) is 0 Å². The summed E-state index contributed by atoms with van der Waals surface area (Å²) in [5, 5.41) is 3.67. The van der Waals surface area contributed by atoms with Crippen LogP contribution < -0.4 is 5.32 Å². The molecule has 2 aliphatic rings. The Kier molecular flexibility index (Phi) is 2.76. The second-order valence-electron chi connectivity index (χ2n) is 5.28. The maximum Gasteiger partial charge on any atom is 0.120 e. The SMILES string of the molecule is CCCNC(c1ccco1)C1C2CCCC21. The van der Waals surface area contributed by atoms with Crippen molar-refractivity contribution in [2.75, 3.05) is 6.54 Å². The largest absolute Gasteiger partial charge is 0.468 e. The lowest BCUT2D eigenvalue weighted by atomic mass is 10.0. The molecule has 0 saturated heterocycles. The van der Waals surface area contributed by atoms with Crippen LogP contribution in [0.3, 0.4) is 0 Å². The zero-order chi connectivity index (χ0) is 11.0. The second-order valence-corrected chi connectivity index (χ2v) is 5.28. The molecule has 0 spiro atoms. The van der Waals surface area contributed by atoms with Crippen molar-refractivity contribution in [3.05, 3.63) is 24.2 Å². The molecule has 0 bridgehead atoms. The van der Waals surface area contributed by atoms with E-state index in [1.165, 1.54) is 25.7 Å². The Morgan fingerprint density at radius 1 is 1.44 bits per heavy atom. The number of nitrogens with one attached hydrogen (secondary N) is 1. The zero-order valence-corrected chi connectivity index (χ0v) is 9.99. The maximum atomic E-state index is 5.60. The van der Waals surface area contributed by atoms with E-state index in [0.29, 0.717) is 6.04 Å². The van der Waals surface area contributed by atoms with E-state index >= 15 is 0 Å². The third-order valence-corrected chi connectivity index (χ3v) is 4.32. The third kappa shape index (κ3) is 1.69. The minimum Gasteiger partial charge on any atom is -0.468 e. The molecule has 2 saturated carbocycles. The standard InChI is InChI=1S/C14H21NO/c1-2-8-15-14(12-7-4-9-16-12)13-10-5-3-6-11(10)13/h4,7,9-11,13-15H,2-3,5-6,8H2,1H3. The van der Waals surface area contributed by atoms with Gasteiger partial charge in [0.2, 0.25) is 0 Å². The highest BCUT2D eigenvalue weighted by Crippen LogP contribution is 2.62. The Bertz CT molecular complexity index is 323. The highest BCUT2D eigenvalue weighted by molar-refractivity contribution is 5.15. The number of rotatable bonds is 5. The molecule has 0 aliphatic heterocycles. The first kappa shape index (κ1) is 10.4. The smallest absolute Gasteiger partial charge is 0.120 e. The van der Waals surface area contributed by atoms with E-state index in [2.05, 4.69) is 18.3 Å². The molecule has 1 aromatic heterocycles. The molecule has 1 N–H and O–H groups in total. The van der Waals surface area contributed by atoms with Gasteiger partial charge in [-0.05, 0) is 55.7 Å². The van der Waals surface area contributed by atoms with Crippen LogP contribution >= 0.6 is 0 Å². The summed E-state index contributed by atoms with van der Waals surface area (Å²) in [6.45, 7) is 3.32. The van der Waals surface area contributed by atoms with Gasteiger partial charge in [-0.15, -0.1) is 0 Å². The molecule has 0 amide bonds. The van der Waals surface area contributed by atoms with Gasteiger partial charge in [-0.1, -0.05) is 13.3 Å². The average Bonchev–Trinajstić information content (AvgIpc) is 2.79. The van der Waals surface area contributed by atoms with Crippen molar-refractivity contribution in [1.29, 1.82) is 0 Å². The van der Waals surface area contributed by atoms with E-state index in [1.54, 1.807) is 6.26 Å². The van der Waals surface area contributed by atoms with Crippen molar-refractivity contribution in [2.24, 2.45) is 17.8 Å². The molecule has 16 heavy (non-hydrogen) atoms. The zero-order valence-electron chi connectivity index (χ0n) is 9.99. The Hall–Kier alpha value is -0.760. The summed E-state index contributed by atoms with van der Waals surface area (Å²) in [5.41, 5.74) is 0. The first-order valence-corrected chi connectivity index (χ1v) is 6.68. The monoisotopic (exact) mass is 219 g/mol. The van der Waals surface area contributed by atoms with Gasteiger partial charge in [0.25, 0.3) is 0 Å². The van der Waals surface area contributed by atoms with Gasteiger partial charge >= 0.3 is 0 Å². The summed E-state index contributed by atoms with van der Waals surface area (Å²) in [6, 6.07) is 4.61. The normalized spacial score (nSPS) is 33.7. The summed E-state index contributed by atoms with van der Waals surface area (Å²) in [4.78, 5) is 0. The molecular formula is C14H21NO. The van der Waals surface area contributed by atoms with Crippen LogP contribution in [0.25, 0.3) is 0 Å². The van der Waals surface area contributed by atoms with E-state index in [0.717, 1.165) is 30.1 Å². The van der Waals surface area contributed by atoms with Crippen LogP contribution in [-0.4, -0.2) is 6.54 Å². The van der Waals surface area contributed by atoms with Gasteiger partial charge in [0, 0.05) is 0 Å². The molecule has 0 radical (unpaired) electrons. The highest BCUT2D eigenvalue weighted by atomic mass is 16.3. The first-order valence-electron chi connectivity index (χ1n) is 6.68. The molecule has 2 heteroatoms. The highest BCUT2D eigenvalue weighted by Gasteiger charge is 2.56. The van der Waals surface area contributed by atoms with Crippen LogP contribution in [0.15, 0.2) is 22.8 Å². The fourth-order valence-corrected chi connectivity index (χ4v) is 3.57. The Morgan fingerprint density at radius 3 is 2.88 bits per heavy atom. The third-order valence-electron chi connectivity index (χ3n) is 4.32. The lowest BCUT2D eigenvalue weighted by Crippen LogP contribution is -2.25. The van der Waals surface area contributed by atoms with Gasteiger partial charge in [0.1, 0.15) is 5.76 Å². The molecule has 0 aromatic carbocycles. The van der Waals surface area contributed by atoms with E-state index in [1.807, 2.05) is 6.07 Å². The lowest BCUT2D eigenvalue weighted by Gasteiger charge is -2.18. The molecule has 2 nitrogen and oxygen atoms in total. The topological polar surface area (TPSA) is 25.2 Å². The second kappa shape index (κ2) is 4.25. The van der Waals surface area contributed by atoms with Crippen molar-refractivity contribution in [3.63, 3.8) is 0 Å².